The molecule has 14 heteroatoms. The molecule has 1 aliphatic rings. The Kier molecular flexibility index (Phi) is 9.23. The average molecular weight is 656 g/mol. The summed E-state index contributed by atoms with van der Waals surface area (Å²) in [6, 6.07) is 24.1. The molecule has 0 radical (unpaired) electrons. The Balaban J connectivity index is 1.07. The third-order valence-corrected chi connectivity index (χ3v) is 10.2. The molecule has 1 fully saturated rings. The number of aromatic nitrogens is 2. The van der Waals surface area contributed by atoms with Crippen molar-refractivity contribution in [2.75, 3.05) is 18.0 Å². The summed E-state index contributed by atoms with van der Waals surface area (Å²) in [5.41, 5.74) is 5.17. The molecule has 0 atom stereocenters. The number of sulfone groups is 1. The molecule has 2 aromatic heterocycles. The fourth-order valence-corrected chi connectivity index (χ4v) is 7.54. The highest BCUT2D eigenvalue weighted by molar-refractivity contribution is 7.90. The maximum absolute atomic E-state index is 12.7. The first-order valence-electron chi connectivity index (χ1n) is 14.2. The Morgan fingerprint density at radius 2 is 1.40 bits per heavy atom. The van der Waals surface area contributed by atoms with Gasteiger partial charge in [-0.3, -0.25) is 0 Å². The molecule has 0 N–H and O–H groups in total. The van der Waals surface area contributed by atoms with E-state index in [4.69, 9.17) is 0 Å². The number of aryl methyl sites for hydroxylation is 2. The van der Waals surface area contributed by atoms with Gasteiger partial charge in [-0.1, -0.05) is 41.7 Å². The van der Waals surface area contributed by atoms with Crippen molar-refractivity contribution >= 4 is 70.6 Å². The Bertz CT molecular complexity index is 2000. The molecular formula is C31H29N9O2S3. The van der Waals surface area contributed by atoms with Crippen molar-refractivity contribution in [2.45, 2.75) is 37.6 Å². The second-order valence-electron chi connectivity index (χ2n) is 10.5. The van der Waals surface area contributed by atoms with Gasteiger partial charge in [0, 0.05) is 24.6 Å². The first kappa shape index (κ1) is 30.5. The summed E-state index contributed by atoms with van der Waals surface area (Å²) in [5, 5.41) is 28.1. The molecule has 0 saturated carbocycles. The number of hydrogen-bond donors (Lipinski definition) is 0. The van der Waals surface area contributed by atoms with Crippen molar-refractivity contribution in [3.63, 3.8) is 0 Å². The molecule has 0 bridgehead atoms. The lowest BCUT2D eigenvalue weighted by Crippen LogP contribution is -2.15. The second-order valence-corrected chi connectivity index (χ2v) is 14.1. The van der Waals surface area contributed by atoms with Gasteiger partial charge in [0.1, 0.15) is 5.00 Å². The number of anilines is 1. The zero-order valence-electron chi connectivity index (χ0n) is 24.6. The van der Waals surface area contributed by atoms with Crippen LogP contribution in [0.25, 0.3) is 0 Å². The number of rotatable bonds is 10. The molecule has 5 aromatic rings. The SMILES string of the molecule is Cc1cc(N=Nc2ccc(N3CCCC3)s2)ccc1N=Nc1ccc(N=Nc2nc(S(=O)(=O)Cc3ccccc3)ns2)c(C)c1. The molecule has 1 saturated heterocycles. The first-order chi connectivity index (χ1) is 21.8. The van der Waals surface area contributed by atoms with Gasteiger partial charge in [-0.25, -0.2) is 8.42 Å². The standard InChI is InChI=1S/C31H29N9O2S3/c1-21-19-25(34-37-28-14-15-29(43-28)40-16-6-7-17-40)11-12-26(21)35-33-24-10-13-27(22(2)18-24)36-38-30-32-31(39-44-30)45(41,42)20-23-8-4-3-5-9-23/h3-5,8-15,18-19H,6-7,16-17,20H2,1-2H3. The van der Waals surface area contributed by atoms with E-state index in [0.29, 0.717) is 16.9 Å². The minimum absolute atomic E-state index is 0.158. The maximum Gasteiger partial charge on any atom is 0.261 e. The van der Waals surface area contributed by atoms with E-state index in [1.165, 1.54) is 17.8 Å². The molecule has 3 heterocycles. The lowest BCUT2D eigenvalue weighted by molar-refractivity contribution is 0.588. The normalized spacial score (nSPS) is 14.0. The summed E-state index contributed by atoms with van der Waals surface area (Å²) in [7, 11) is -3.69. The van der Waals surface area contributed by atoms with Crippen LogP contribution in [-0.2, 0) is 15.6 Å². The van der Waals surface area contributed by atoms with Crippen LogP contribution in [-0.4, -0.2) is 30.9 Å². The minimum atomic E-state index is -3.69. The van der Waals surface area contributed by atoms with Crippen molar-refractivity contribution < 1.29 is 8.42 Å². The molecule has 6 rings (SSSR count). The third kappa shape index (κ3) is 7.77. The Morgan fingerprint density at radius 1 is 0.756 bits per heavy atom. The zero-order valence-corrected chi connectivity index (χ0v) is 27.1. The molecule has 0 amide bonds. The number of nitrogens with zero attached hydrogens (tertiary/aromatic N) is 9. The molecular weight excluding hydrogens is 627 g/mol. The van der Waals surface area contributed by atoms with Crippen LogP contribution in [0, 0.1) is 13.8 Å². The maximum atomic E-state index is 12.7. The molecule has 228 valence electrons. The van der Waals surface area contributed by atoms with Gasteiger partial charge in [0.2, 0.25) is 15.0 Å². The lowest BCUT2D eigenvalue weighted by atomic mass is 10.2. The van der Waals surface area contributed by atoms with Gasteiger partial charge in [0.15, 0.2) is 0 Å². The quantitative estimate of drug-likeness (QED) is 0.138. The van der Waals surface area contributed by atoms with E-state index >= 15 is 0 Å². The van der Waals surface area contributed by atoms with Crippen LogP contribution in [0.2, 0.25) is 0 Å². The third-order valence-electron chi connectivity index (χ3n) is 7.01. The van der Waals surface area contributed by atoms with Crippen molar-refractivity contribution in [1.29, 1.82) is 0 Å². The Hall–Kier alpha value is -4.53. The smallest absolute Gasteiger partial charge is 0.261 e. The van der Waals surface area contributed by atoms with Gasteiger partial charge in [0.05, 0.1) is 33.5 Å². The summed E-state index contributed by atoms with van der Waals surface area (Å²) >= 11 is 2.54. The molecule has 45 heavy (non-hydrogen) atoms. The second kappa shape index (κ2) is 13.6. The van der Waals surface area contributed by atoms with Gasteiger partial charge in [0.25, 0.3) is 5.16 Å². The van der Waals surface area contributed by atoms with Crippen molar-refractivity contribution in [1.82, 2.24) is 9.36 Å². The summed E-state index contributed by atoms with van der Waals surface area (Å²) in [6.45, 7) is 6.07. The summed E-state index contributed by atoms with van der Waals surface area (Å²) in [6.07, 6.45) is 2.49. The van der Waals surface area contributed by atoms with Gasteiger partial charge in [-0.2, -0.15) is 19.6 Å². The van der Waals surface area contributed by atoms with Gasteiger partial charge >= 0.3 is 0 Å². The van der Waals surface area contributed by atoms with E-state index < -0.39 is 9.84 Å². The summed E-state index contributed by atoms with van der Waals surface area (Å²) < 4.78 is 29.4. The van der Waals surface area contributed by atoms with E-state index in [1.807, 2.05) is 50.2 Å². The van der Waals surface area contributed by atoms with E-state index in [0.717, 1.165) is 52.1 Å². The largest absolute Gasteiger partial charge is 0.363 e. The van der Waals surface area contributed by atoms with Gasteiger partial charge in [-0.15, -0.1) is 20.5 Å². The first-order valence-corrected chi connectivity index (χ1v) is 17.5. The van der Waals surface area contributed by atoms with Crippen LogP contribution >= 0.6 is 22.9 Å². The number of thiophene rings is 1. The van der Waals surface area contributed by atoms with Crippen LogP contribution in [0.5, 0.6) is 0 Å². The summed E-state index contributed by atoms with van der Waals surface area (Å²) in [4.78, 5) is 6.47. The summed E-state index contributed by atoms with van der Waals surface area (Å²) in [5.74, 6) is -0.180. The van der Waals surface area contributed by atoms with Gasteiger partial charge < -0.3 is 4.90 Å². The van der Waals surface area contributed by atoms with Crippen LogP contribution in [0.3, 0.4) is 0 Å². The number of hydrogen-bond acceptors (Lipinski definition) is 13. The van der Waals surface area contributed by atoms with Crippen LogP contribution < -0.4 is 4.90 Å². The zero-order chi connectivity index (χ0) is 31.2. The van der Waals surface area contributed by atoms with Crippen molar-refractivity contribution in [3.05, 3.63) is 95.6 Å². The molecule has 1 aliphatic heterocycles. The highest BCUT2D eigenvalue weighted by atomic mass is 32.2. The Morgan fingerprint density at radius 3 is 2.07 bits per heavy atom. The molecule has 11 nitrogen and oxygen atoms in total. The monoisotopic (exact) mass is 655 g/mol. The van der Waals surface area contributed by atoms with Crippen LogP contribution in [0.15, 0.2) is 115 Å². The van der Waals surface area contributed by atoms with Gasteiger partial charge in [-0.05, 0) is 91.9 Å². The topological polar surface area (TPSA) is 137 Å². The highest BCUT2D eigenvalue weighted by Gasteiger charge is 2.21. The van der Waals surface area contributed by atoms with Crippen LogP contribution in [0.1, 0.15) is 29.5 Å². The number of azo groups is 3. The van der Waals surface area contributed by atoms with Crippen molar-refractivity contribution in [3.8, 4) is 0 Å². The molecule has 0 aliphatic carbocycles. The van der Waals surface area contributed by atoms with E-state index in [-0.39, 0.29) is 16.0 Å². The van der Waals surface area contributed by atoms with Crippen LogP contribution in [0.4, 0.5) is 37.9 Å². The predicted octanol–water partition coefficient (Wildman–Crippen LogP) is 10.0. The lowest BCUT2D eigenvalue weighted by Gasteiger charge is -2.13. The minimum Gasteiger partial charge on any atom is -0.363 e. The van der Waals surface area contributed by atoms with E-state index in [1.54, 1.807) is 47.7 Å². The predicted molar refractivity (Wildman–Crippen MR) is 178 cm³/mol. The molecule has 0 spiro atoms. The fraction of sp³-hybridized carbons (Fsp3) is 0.226. The number of benzene rings is 3. The Labute approximate surface area is 269 Å². The molecule has 0 unspecified atom stereocenters. The fourth-order valence-electron chi connectivity index (χ4n) is 4.65. The van der Waals surface area contributed by atoms with Crippen molar-refractivity contribution in [2.24, 2.45) is 30.7 Å². The average Bonchev–Trinajstić information content (AvgIpc) is 3.82. The van der Waals surface area contributed by atoms with E-state index in [9.17, 15) is 8.42 Å². The highest BCUT2D eigenvalue weighted by Crippen LogP contribution is 2.35. The molecule has 3 aromatic carbocycles. The van der Waals surface area contributed by atoms with E-state index in [2.05, 4.69) is 51.0 Å².